The van der Waals surface area contributed by atoms with E-state index in [-0.39, 0.29) is 11.9 Å². The summed E-state index contributed by atoms with van der Waals surface area (Å²) in [4.78, 5) is 16.8. The summed E-state index contributed by atoms with van der Waals surface area (Å²) in [5.74, 6) is 0.221. The minimum atomic E-state index is -0.416. The molecule has 0 saturated carbocycles. The summed E-state index contributed by atoms with van der Waals surface area (Å²) in [6.07, 6.45) is 3.49. The van der Waals surface area contributed by atoms with Crippen molar-refractivity contribution in [1.82, 2.24) is 4.90 Å². The fourth-order valence-corrected chi connectivity index (χ4v) is 3.50. The van der Waals surface area contributed by atoms with Crippen LogP contribution in [0.15, 0.2) is 24.3 Å². The van der Waals surface area contributed by atoms with E-state index in [9.17, 15) is 9.90 Å². The van der Waals surface area contributed by atoms with E-state index in [0.717, 1.165) is 56.6 Å². The van der Waals surface area contributed by atoms with E-state index in [1.807, 2.05) is 36.1 Å². The van der Waals surface area contributed by atoms with Gasteiger partial charge < -0.3 is 14.9 Å². The summed E-state index contributed by atoms with van der Waals surface area (Å²) in [7, 11) is 0. The number of carbonyl (C=O) groups excluding carboxylic acids is 1. The van der Waals surface area contributed by atoms with Gasteiger partial charge in [-0.05, 0) is 38.7 Å². The molecule has 0 aromatic heterocycles. The molecule has 0 aliphatic carbocycles. The van der Waals surface area contributed by atoms with E-state index in [1.54, 1.807) is 0 Å². The lowest BCUT2D eigenvalue weighted by molar-refractivity contribution is -0.131. The molecule has 3 rings (SSSR count). The van der Waals surface area contributed by atoms with Crippen molar-refractivity contribution in [2.24, 2.45) is 0 Å². The van der Waals surface area contributed by atoms with E-state index >= 15 is 0 Å². The Bertz CT molecular complexity index is 511. The Morgan fingerprint density at radius 2 is 1.90 bits per heavy atom. The summed E-state index contributed by atoms with van der Waals surface area (Å²) in [5, 5.41) is 10.3. The van der Waals surface area contributed by atoms with Gasteiger partial charge in [0.2, 0.25) is 5.91 Å². The second-order valence-corrected chi connectivity index (χ2v) is 6.12. The molecule has 2 unspecified atom stereocenters. The third-order valence-electron chi connectivity index (χ3n) is 4.72. The Kier molecular flexibility index (Phi) is 4.15. The van der Waals surface area contributed by atoms with Crippen LogP contribution in [0.2, 0.25) is 0 Å². The summed E-state index contributed by atoms with van der Waals surface area (Å²) in [6, 6.07) is 7.79. The Morgan fingerprint density at radius 1 is 1.19 bits per heavy atom. The number of amides is 1. The molecule has 0 spiro atoms. The minimum absolute atomic E-state index is 0.158. The SMILES string of the molecule is CC(C(=O)N1CCCC1)N1CCCC(O)c2ccccc21. The molecule has 1 aromatic rings. The predicted octanol–water partition coefficient (Wildman–Crippen LogP) is 2.33. The third kappa shape index (κ3) is 2.77. The average molecular weight is 288 g/mol. The zero-order valence-electron chi connectivity index (χ0n) is 12.7. The first-order chi connectivity index (χ1) is 10.2. The molecule has 4 nitrogen and oxygen atoms in total. The van der Waals surface area contributed by atoms with Gasteiger partial charge in [0.05, 0.1) is 6.10 Å². The molecule has 2 aliphatic heterocycles. The van der Waals surface area contributed by atoms with Crippen LogP contribution in [0.1, 0.15) is 44.3 Å². The normalized spacial score (nSPS) is 23.6. The highest BCUT2D eigenvalue weighted by Crippen LogP contribution is 2.34. The molecule has 1 aromatic carbocycles. The number of hydrogen-bond donors (Lipinski definition) is 1. The highest BCUT2D eigenvalue weighted by molar-refractivity contribution is 5.85. The van der Waals surface area contributed by atoms with Gasteiger partial charge in [-0.15, -0.1) is 0 Å². The number of carbonyl (C=O) groups is 1. The number of fused-ring (bicyclic) bond motifs is 1. The van der Waals surface area contributed by atoms with Crippen LogP contribution in [0.4, 0.5) is 5.69 Å². The zero-order chi connectivity index (χ0) is 14.8. The Morgan fingerprint density at radius 3 is 2.67 bits per heavy atom. The maximum Gasteiger partial charge on any atom is 0.244 e. The first-order valence-corrected chi connectivity index (χ1v) is 8.01. The highest BCUT2D eigenvalue weighted by Gasteiger charge is 2.31. The van der Waals surface area contributed by atoms with Crippen LogP contribution in [0.5, 0.6) is 0 Å². The van der Waals surface area contributed by atoms with Crippen molar-refractivity contribution in [1.29, 1.82) is 0 Å². The van der Waals surface area contributed by atoms with Crippen LogP contribution in [0.25, 0.3) is 0 Å². The van der Waals surface area contributed by atoms with Crippen molar-refractivity contribution in [2.45, 2.75) is 44.8 Å². The van der Waals surface area contributed by atoms with Crippen molar-refractivity contribution in [3.05, 3.63) is 29.8 Å². The number of hydrogen-bond acceptors (Lipinski definition) is 3. The van der Waals surface area contributed by atoms with E-state index in [1.165, 1.54) is 0 Å². The molecule has 2 heterocycles. The number of anilines is 1. The van der Waals surface area contributed by atoms with Crippen LogP contribution in [0.3, 0.4) is 0 Å². The molecular formula is C17H24N2O2. The van der Waals surface area contributed by atoms with Crippen molar-refractivity contribution in [3.63, 3.8) is 0 Å². The quantitative estimate of drug-likeness (QED) is 0.908. The largest absolute Gasteiger partial charge is 0.388 e. The number of rotatable bonds is 2. The molecule has 2 atom stereocenters. The Balaban J connectivity index is 1.86. The van der Waals surface area contributed by atoms with Gasteiger partial charge in [0.25, 0.3) is 0 Å². The van der Waals surface area contributed by atoms with Crippen LogP contribution < -0.4 is 4.90 Å². The maximum atomic E-state index is 12.7. The second-order valence-electron chi connectivity index (χ2n) is 6.12. The fraction of sp³-hybridized carbons (Fsp3) is 0.588. The standard InChI is InChI=1S/C17H24N2O2/c1-13(17(21)18-10-4-5-11-18)19-12-6-9-16(20)14-7-2-3-8-15(14)19/h2-3,7-8,13,16,20H,4-6,9-12H2,1H3. The van der Waals surface area contributed by atoms with Crippen molar-refractivity contribution >= 4 is 11.6 Å². The molecule has 1 N–H and O–H groups in total. The lowest BCUT2D eigenvalue weighted by Gasteiger charge is -2.33. The summed E-state index contributed by atoms with van der Waals surface area (Å²) in [6.45, 7) is 4.60. The molecule has 1 saturated heterocycles. The molecular weight excluding hydrogens is 264 g/mol. The van der Waals surface area contributed by atoms with Gasteiger partial charge in [-0.1, -0.05) is 18.2 Å². The fourth-order valence-electron chi connectivity index (χ4n) is 3.50. The van der Waals surface area contributed by atoms with Crippen LogP contribution in [0, 0.1) is 0 Å². The molecule has 21 heavy (non-hydrogen) atoms. The lowest BCUT2D eigenvalue weighted by Crippen LogP contribution is -2.46. The molecule has 0 radical (unpaired) electrons. The van der Waals surface area contributed by atoms with Gasteiger partial charge in [-0.2, -0.15) is 0 Å². The maximum absolute atomic E-state index is 12.7. The molecule has 1 fully saturated rings. The Hall–Kier alpha value is -1.55. The van der Waals surface area contributed by atoms with Gasteiger partial charge in [0.1, 0.15) is 6.04 Å². The highest BCUT2D eigenvalue weighted by atomic mass is 16.3. The monoisotopic (exact) mass is 288 g/mol. The van der Waals surface area contributed by atoms with Crippen LogP contribution >= 0.6 is 0 Å². The number of para-hydroxylation sites is 1. The number of nitrogens with zero attached hydrogens (tertiary/aromatic N) is 2. The minimum Gasteiger partial charge on any atom is -0.388 e. The lowest BCUT2D eigenvalue weighted by atomic mass is 10.0. The van der Waals surface area contributed by atoms with Crippen molar-refractivity contribution in [2.75, 3.05) is 24.5 Å². The van der Waals surface area contributed by atoms with Gasteiger partial charge in [-0.3, -0.25) is 4.79 Å². The molecule has 0 bridgehead atoms. The van der Waals surface area contributed by atoms with Gasteiger partial charge in [-0.25, -0.2) is 0 Å². The summed E-state index contributed by atoms with van der Waals surface area (Å²) in [5.41, 5.74) is 1.97. The van der Waals surface area contributed by atoms with Gasteiger partial charge in [0.15, 0.2) is 0 Å². The second kappa shape index (κ2) is 6.06. The number of benzene rings is 1. The molecule has 4 heteroatoms. The van der Waals surface area contributed by atoms with Crippen LogP contribution in [-0.4, -0.2) is 41.6 Å². The summed E-state index contributed by atoms with van der Waals surface area (Å²) < 4.78 is 0. The van der Waals surface area contributed by atoms with E-state index < -0.39 is 6.10 Å². The number of aliphatic hydroxyl groups excluding tert-OH is 1. The summed E-state index contributed by atoms with van der Waals surface area (Å²) >= 11 is 0. The predicted molar refractivity (Wildman–Crippen MR) is 83.3 cm³/mol. The first-order valence-electron chi connectivity index (χ1n) is 8.01. The van der Waals surface area contributed by atoms with Crippen molar-refractivity contribution < 1.29 is 9.90 Å². The van der Waals surface area contributed by atoms with Gasteiger partial charge >= 0.3 is 0 Å². The van der Waals surface area contributed by atoms with E-state index in [0.29, 0.717) is 0 Å². The number of aliphatic hydroxyl groups is 1. The van der Waals surface area contributed by atoms with Gasteiger partial charge in [0, 0.05) is 30.9 Å². The number of likely N-dealkylation sites (tertiary alicyclic amines) is 1. The van der Waals surface area contributed by atoms with E-state index in [4.69, 9.17) is 0 Å². The topological polar surface area (TPSA) is 43.8 Å². The van der Waals surface area contributed by atoms with E-state index in [2.05, 4.69) is 4.90 Å². The average Bonchev–Trinajstić information content (AvgIpc) is 2.99. The van der Waals surface area contributed by atoms with Crippen LogP contribution in [-0.2, 0) is 4.79 Å². The molecule has 2 aliphatic rings. The Labute approximate surface area is 126 Å². The first kappa shape index (κ1) is 14.4. The third-order valence-corrected chi connectivity index (χ3v) is 4.72. The zero-order valence-corrected chi connectivity index (χ0v) is 12.7. The molecule has 114 valence electrons. The smallest absolute Gasteiger partial charge is 0.244 e. The van der Waals surface area contributed by atoms with Crippen molar-refractivity contribution in [3.8, 4) is 0 Å². The molecule has 1 amide bonds.